The Morgan fingerprint density at radius 3 is 2.90 bits per heavy atom. The van der Waals surface area contributed by atoms with Gasteiger partial charge in [-0.2, -0.15) is 0 Å². The molecule has 1 N–H and O–H groups in total. The lowest BCUT2D eigenvalue weighted by Crippen LogP contribution is -2.47. The van der Waals surface area contributed by atoms with E-state index in [-0.39, 0.29) is 6.03 Å². The van der Waals surface area contributed by atoms with E-state index >= 15 is 0 Å². The van der Waals surface area contributed by atoms with Crippen molar-refractivity contribution in [2.75, 3.05) is 13.7 Å². The van der Waals surface area contributed by atoms with E-state index in [4.69, 9.17) is 4.74 Å². The van der Waals surface area contributed by atoms with Gasteiger partial charge >= 0.3 is 6.03 Å². The maximum absolute atomic E-state index is 12.3. The van der Waals surface area contributed by atoms with E-state index in [1.54, 1.807) is 7.11 Å². The molecule has 1 saturated heterocycles. The number of carbonyl (C=O) groups excluding carboxylic acids is 1. The largest absolute Gasteiger partial charge is 0.481 e. The van der Waals surface area contributed by atoms with Gasteiger partial charge in [0.15, 0.2) is 0 Å². The molecule has 0 saturated carbocycles. The van der Waals surface area contributed by atoms with Crippen LogP contribution >= 0.6 is 0 Å². The number of amides is 2. The molecule has 2 rings (SSSR count). The number of rotatable bonds is 3. The SMILES string of the molecule is COc1nc(C)cc(C)c1CNC(=O)N1CCCCC1C. The highest BCUT2D eigenvalue weighted by molar-refractivity contribution is 5.74. The topological polar surface area (TPSA) is 54.5 Å². The molecule has 0 aliphatic carbocycles. The quantitative estimate of drug-likeness (QED) is 0.931. The van der Waals surface area contributed by atoms with E-state index in [1.165, 1.54) is 6.42 Å². The fraction of sp³-hybridized carbons (Fsp3) is 0.625. The lowest BCUT2D eigenvalue weighted by Gasteiger charge is -2.33. The summed E-state index contributed by atoms with van der Waals surface area (Å²) in [6, 6.07) is 2.33. The van der Waals surface area contributed by atoms with Crippen LogP contribution in [0.4, 0.5) is 4.79 Å². The first-order valence-electron chi connectivity index (χ1n) is 7.58. The third kappa shape index (κ3) is 3.65. The van der Waals surface area contributed by atoms with E-state index in [9.17, 15) is 4.79 Å². The van der Waals surface area contributed by atoms with Crippen molar-refractivity contribution in [1.29, 1.82) is 0 Å². The average Bonchev–Trinajstić information content (AvgIpc) is 2.45. The number of likely N-dealkylation sites (tertiary alicyclic amines) is 1. The van der Waals surface area contributed by atoms with Gasteiger partial charge in [-0.3, -0.25) is 0 Å². The number of nitrogens with one attached hydrogen (secondary N) is 1. The van der Waals surface area contributed by atoms with Gasteiger partial charge in [-0.1, -0.05) is 0 Å². The summed E-state index contributed by atoms with van der Waals surface area (Å²) in [6.45, 7) is 7.35. The second-order valence-electron chi connectivity index (χ2n) is 5.77. The van der Waals surface area contributed by atoms with Crippen LogP contribution in [0.1, 0.15) is 43.0 Å². The number of carbonyl (C=O) groups is 1. The first kappa shape index (κ1) is 15.6. The first-order valence-corrected chi connectivity index (χ1v) is 7.58. The highest BCUT2D eigenvalue weighted by Gasteiger charge is 2.23. The standard InChI is InChI=1S/C16H25N3O2/c1-11-9-12(2)18-15(21-4)14(11)10-17-16(20)19-8-6-5-7-13(19)3/h9,13H,5-8,10H2,1-4H3,(H,17,20). The molecular formula is C16H25N3O2. The predicted octanol–water partition coefficient (Wildman–Crippen LogP) is 2.79. The molecular weight excluding hydrogens is 266 g/mol. The van der Waals surface area contributed by atoms with Gasteiger partial charge in [0.1, 0.15) is 0 Å². The molecule has 1 atom stereocenters. The molecule has 116 valence electrons. The minimum atomic E-state index is 0.00391. The Balaban J connectivity index is 2.04. The normalized spacial score (nSPS) is 18.5. The maximum atomic E-state index is 12.3. The van der Waals surface area contributed by atoms with E-state index in [1.807, 2.05) is 24.8 Å². The summed E-state index contributed by atoms with van der Waals surface area (Å²) in [7, 11) is 1.61. The molecule has 1 unspecified atom stereocenters. The van der Waals surface area contributed by atoms with Crippen LogP contribution in [0.5, 0.6) is 5.88 Å². The number of methoxy groups -OCH3 is 1. The molecule has 5 heteroatoms. The molecule has 1 aromatic rings. The van der Waals surface area contributed by atoms with Crippen LogP contribution in [0.15, 0.2) is 6.07 Å². The second kappa shape index (κ2) is 6.78. The van der Waals surface area contributed by atoms with Gasteiger partial charge < -0.3 is 15.0 Å². The van der Waals surface area contributed by atoms with Gasteiger partial charge in [0.25, 0.3) is 0 Å². The molecule has 1 aliphatic rings. The van der Waals surface area contributed by atoms with Crippen molar-refractivity contribution in [2.45, 2.75) is 52.6 Å². The molecule has 0 bridgehead atoms. The Bertz CT molecular complexity index is 516. The molecule has 1 fully saturated rings. The number of aromatic nitrogens is 1. The number of nitrogens with zero attached hydrogens (tertiary/aromatic N) is 2. The number of piperidine rings is 1. The molecule has 2 heterocycles. The molecule has 0 spiro atoms. The Morgan fingerprint density at radius 1 is 1.48 bits per heavy atom. The number of pyridine rings is 1. The minimum absolute atomic E-state index is 0.00391. The van der Waals surface area contributed by atoms with Crippen LogP contribution in [0.3, 0.4) is 0 Å². The predicted molar refractivity (Wildman–Crippen MR) is 82.5 cm³/mol. The van der Waals surface area contributed by atoms with Gasteiger partial charge in [-0.05, 0) is 51.7 Å². The monoisotopic (exact) mass is 291 g/mol. The fourth-order valence-corrected chi connectivity index (χ4v) is 2.88. The Kier molecular flexibility index (Phi) is 5.04. The number of ether oxygens (including phenoxy) is 1. The van der Waals surface area contributed by atoms with Crippen molar-refractivity contribution in [3.05, 3.63) is 22.9 Å². The van der Waals surface area contributed by atoms with Gasteiger partial charge in [0.05, 0.1) is 13.7 Å². The molecule has 5 nitrogen and oxygen atoms in total. The van der Waals surface area contributed by atoms with E-state index in [0.29, 0.717) is 18.5 Å². The molecule has 1 aliphatic heterocycles. The van der Waals surface area contributed by atoms with Crippen LogP contribution in [0.2, 0.25) is 0 Å². The highest BCUT2D eigenvalue weighted by Crippen LogP contribution is 2.21. The number of urea groups is 1. The van der Waals surface area contributed by atoms with Crippen LogP contribution in [-0.2, 0) is 6.54 Å². The summed E-state index contributed by atoms with van der Waals surface area (Å²) >= 11 is 0. The Labute approximate surface area is 126 Å². The van der Waals surface area contributed by atoms with E-state index in [0.717, 1.165) is 36.2 Å². The lowest BCUT2D eigenvalue weighted by atomic mass is 10.0. The number of aryl methyl sites for hydroxylation is 2. The average molecular weight is 291 g/mol. The van der Waals surface area contributed by atoms with Gasteiger partial charge in [-0.15, -0.1) is 0 Å². The maximum Gasteiger partial charge on any atom is 0.317 e. The minimum Gasteiger partial charge on any atom is -0.481 e. The van der Waals surface area contributed by atoms with Crippen LogP contribution in [-0.4, -0.2) is 35.6 Å². The third-order valence-corrected chi connectivity index (χ3v) is 4.11. The fourth-order valence-electron chi connectivity index (χ4n) is 2.88. The van der Waals surface area contributed by atoms with E-state index < -0.39 is 0 Å². The zero-order valence-corrected chi connectivity index (χ0v) is 13.4. The summed E-state index contributed by atoms with van der Waals surface area (Å²) in [4.78, 5) is 18.6. The molecule has 0 radical (unpaired) electrons. The molecule has 1 aromatic heterocycles. The van der Waals surface area contributed by atoms with Crippen LogP contribution in [0, 0.1) is 13.8 Å². The van der Waals surface area contributed by atoms with Crippen LogP contribution in [0.25, 0.3) is 0 Å². The van der Waals surface area contributed by atoms with Crippen molar-refractivity contribution in [1.82, 2.24) is 15.2 Å². The lowest BCUT2D eigenvalue weighted by molar-refractivity contribution is 0.157. The Morgan fingerprint density at radius 2 is 2.24 bits per heavy atom. The van der Waals surface area contributed by atoms with Crippen LogP contribution < -0.4 is 10.1 Å². The van der Waals surface area contributed by atoms with Gasteiger partial charge in [0, 0.05) is 23.8 Å². The van der Waals surface area contributed by atoms with Crippen molar-refractivity contribution in [3.63, 3.8) is 0 Å². The summed E-state index contributed by atoms with van der Waals surface area (Å²) in [5.41, 5.74) is 2.96. The van der Waals surface area contributed by atoms with Crippen molar-refractivity contribution in [2.24, 2.45) is 0 Å². The van der Waals surface area contributed by atoms with E-state index in [2.05, 4.69) is 17.2 Å². The number of hydrogen-bond donors (Lipinski definition) is 1. The summed E-state index contributed by atoms with van der Waals surface area (Å²) < 4.78 is 5.33. The molecule has 2 amide bonds. The van der Waals surface area contributed by atoms with Gasteiger partial charge in [0.2, 0.25) is 5.88 Å². The molecule has 21 heavy (non-hydrogen) atoms. The zero-order valence-electron chi connectivity index (χ0n) is 13.4. The zero-order chi connectivity index (χ0) is 15.4. The summed E-state index contributed by atoms with van der Waals surface area (Å²) in [5.74, 6) is 0.597. The summed E-state index contributed by atoms with van der Waals surface area (Å²) in [6.07, 6.45) is 3.38. The van der Waals surface area contributed by atoms with Crippen molar-refractivity contribution in [3.8, 4) is 5.88 Å². The van der Waals surface area contributed by atoms with Crippen molar-refractivity contribution < 1.29 is 9.53 Å². The summed E-state index contributed by atoms with van der Waals surface area (Å²) in [5, 5.41) is 3.00. The Hall–Kier alpha value is -1.78. The smallest absolute Gasteiger partial charge is 0.317 e. The molecule has 0 aromatic carbocycles. The van der Waals surface area contributed by atoms with Gasteiger partial charge in [-0.25, -0.2) is 9.78 Å². The third-order valence-electron chi connectivity index (χ3n) is 4.11. The van der Waals surface area contributed by atoms with Crippen molar-refractivity contribution >= 4 is 6.03 Å². The highest BCUT2D eigenvalue weighted by atomic mass is 16.5. The first-order chi connectivity index (χ1) is 10.0. The number of hydrogen-bond acceptors (Lipinski definition) is 3. The second-order valence-corrected chi connectivity index (χ2v) is 5.77.